The quantitative estimate of drug-likeness (QED) is 0.481. The van der Waals surface area contributed by atoms with Crippen LogP contribution in [0.1, 0.15) is 19.8 Å². The molecule has 7 nitrogen and oxygen atoms in total. The zero-order chi connectivity index (χ0) is 17.4. The molecule has 0 aromatic heterocycles. The van der Waals surface area contributed by atoms with E-state index in [1.54, 1.807) is 30.5 Å². The normalized spacial score (nSPS) is 21.9. The summed E-state index contributed by atoms with van der Waals surface area (Å²) in [5, 5.41) is 9.24. The molecule has 0 bridgehead atoms. The van der Waals surface area contributed by atoms with Crippen LogP contribution in [0.3, 0.4) is 0 Å². The fraction of sp³-hybridized carbons (Fsp3) is 0.375. The van der Waals surface area contributed by atoms with Crippen LogP contribution in [0.5, 0.6) is 5.75 Å². The predicted octanol–water partition coefficient (Wildman–Crippen LogP) is 0.900. The summed E-state index contributed by atoms with van der Waals surface area (Å²) in [5.41, 5.74) is 0.0419. The molecule has 2 heterocycles. The lowest BCUT2D eigenvalue weighted by molar-refractivity contribution is -0.165. The summed E-state index contributed by atoms with van der Waals surface area (Å²) in [5.74, 6) is -0.159. The minimum absolute atomic E-state index is 0.0419. The summed E-state index contributed by atoms with van der Waals surface area (Å²) < 4.78 is 22.0. The first-order valence-corrected chi connectivity index (χ1v) is 8.98. The lowest BCUT2D eigenvalue weighted by Gasteiger charge is -2.35. The van der Waals surface area contributed by atoms with Gasteiger partial charge in [0.2, 0.25) is 5.91 Å². The largest absolute Gasteiger partial charge is 0.459 e. The van der Waals surface area contributed by atoms with Crippen LogP contribution in [0.4, 0.5) is 0 Å². The Bertz CT molecular complexity index is 739. The first-order valence-electron chi connectivity index (χ1n) is 7.42. The Labute approximate surface area is 141 Å². The van der Waals surface area contributed by atoms with Gasteiger partial charge in [-0.15, -0.1) is 0 Å². The van der Waals surface area contributed by atoms with E-state index in [0.717, 1.165) is 0 Å². The van der Waals surface area contributed by atoms with Crippen LogP contribution in [0.2, 0.25) is 0 Å². The van der Waals surface area contributed by atoms with Gasteiger partial charge in [0.1, 0.15) is 11.5 Å². The van der Waals surface area contributed by atoms with E-state index in [1.165, 1.54) is 11.8 Å². The Morgan fingerprint density at radius 3 is 2.54 bits per heavy atom. The zero-order valence-electron chi connectivity index (χ0n) is 13.2. The Kier molecular flexibility index (Phi) is 4.42. The molecule has 2 aliphatic rings. The molecule has 1 amide bonds. The molecule has 1 saturated heterocycles. The molecular formula is C16H17NO6S. The fourth-order valence-electron chi connectivity index (χ4n) is 2.75. The summed E-state index contributed by atoms with van der Waals surface area (Å²) in [6.45, 7) is 1.31. The number of benzene rings is 1. The molecule has 0 saturated carbocycles. The highest BCUT2D eigenvalue weighted by molar-refractivity contribution is 7.84. The number of ether oxygens (including phenoxy) is 2. The molecule has 3 atom stereocenters. The lowest BCUT2D eigenvalue weighted by Crippen LogP contribution is -2.50. The van der Waals surface area contributed by atoms with Gasteiger partial charge in [0.25, 0.3) is 0 Å². The molecule has 0 spiro atoms. The molecule has 1 fully saturated rings. The van der Waals surface area contributed by atoms with Crippen molar-refractivity contribution in [2.45, 2.75) is 37.0 Å². The number of esters is 1. The van der Waals surface area contributed by atoms with Gasteiger partial charge in [-0.2, -0.15) is 0 Å². The molecule has 1 N–H and O–H groups in total. The number of fused-ring (bicyclic) bond motifs is 1. The third kappa shape index (κ3) is 3.07. The number of β-lactam (4-membered cyclic amide) rings is 1. The Hall–Kier alpha value is -2.19. The van der Waals surface area contributed by atoms with E-state index >= 15 is 0 Å². The van der Waals surface area contributed by atoms with Crippen LogP contribution in [0.15, 0.2) is 40.6 Å². The maximum atomic E-state index is 12.2. The molecule has 2 aliphatic heterocycles. The summed E-state index contributed by atoms with van der Waals surface area (Å²) in [6.07, 6.45) is 1.07. The minimum Gasteiger partial charge on any atom is -0.459 e. The molecular weight excluding hydrogens is 334 g/mol. The zero-order valence-corrected chi connectivity index (χ0v) is 14.0. The second-order valence-corrected chi connectivity index (χ2v) is 7.01. The molecule has 0 radical (unpaired) electrons. The van der Waals surface area contributed by atoms with Crippen molar-refractivity contribution in [2.75, 3.05) is 6.26 Å². The van der Waals surface area contributed by atoms with Gasteiger partial charge in [-0.25, -0.2) is 4.79 Å². The number of carbonyl (C=O) groups is 2. The van der Waals surface area contributed by atoms with Crippen molar-refractivity contribution in [2.24, 2.45) is 0 Å². The van der Waals surface area contributed by atoms with Crippen molar-refractivity contribution in [3.05, 3.63) is 35.7 Å². The molecule has 1 aromatic carbocycles. The van der Waals surface area contributed by atoms with Crippen LogP contribution >= 0.6 is 0 Å². The number of aliphatic hydroxyl groups is 1. The second kappa shape index (κ2) is 6.37. The molecule has 1 unspecified atom stereocenters. The van der Waals surface area contributed by atoms with Crippen molar-refractivity contribution < 1.29 is 28.4 Å². The van der Waals surface area contributed by atoms with Crippen molar-refractivity contribution >= 4 is 22.7 Å². The van der Waals surface area contributed by atoms with E-state index in [2.05, 4.69) is 0 Å². The summed E-state index contributed by atoms with van der Waals surface area (Å²) in [7, 11) is -1.09. The molecule has 3 rings (SSSR count). The van der Waals surface area contributed by atoms with E-state index in [-0.39, 0.29) is 17.6 Å². The number of hydrogen-bond donors (Lipinski definition) is 1. The van der Waals surface area contributed by atoms with Crippen molar-refractivity contribution in [1.82, 2.24) is 4.90 Å². The van der Waals surface area contributed by atoms with Gasteiger partial charge in [-0.3, -0.25) is 13.9 Å². The maximum Gasteiger partial charge on any atom is 0.360 e. The highest BCUT2D eigenvalue weighted by Crippen LogP contribution is 2.39. The van der Waals surface area contributed by atoms with Crippen molar-refractivity contribution in [3.63, 3.8) is 0 Å². The van der Waals surface area contributed by atoms with E-state index in [9.17, 15) is 18.9 Å². The lowest BCUT2D eigenvalue weighted by atomic mass is 10.0. The fourth-order valence-corrected chi connectivity index (χ4v) is 3.27. The van der Waals surface area contributed by atoms with Gasteiger partial charge in [-0.1, -0.05) is 0 Å². The van der Waals surface area contributed by atoms with Gasteiger partial charge in [0.15, 0.2) is 12.0 Å². The predicted molar refractivity (Wildman–Crippen MR) is 84.1 cm³/mol. The van der Waals surface area contributed by atoms with E-state index in [0.29, 0.717) is 29.2 Å². The third-order valence-corrected chi connectivity index (χ3v) is 4.77. The number of carbonyl (C=O) groups excluding carboxylic acids is 2. The molecule has 128 valence electrons. The Morgan fingerprint density at radius 1 is 1.33 bits per heavy atom. The second-order valence-electron chi connectivity index (χ2n) is 5.63. The van der Waals surface area contributed by atoms with E-state index in [4.69, 9.17) is 9.47 Å². The standard InChI is InChI=1S/C16H17NO6S/c1-9(18)22-16(20)15-13(7-10-8-14(19)17(10)15)23-11-3-5-12(6-4-11)24(2)21/h3-6,9-10,18H,7-8H2,1-2H3/t9-,10-,24?/m1/s1. The average molecular weight is 351 g/mol. The maximum absolute atomic E-state index is 12.2. The number of rotatable bonds is 5. The smallest absolute Gasteiger partial charge is 0.360 e. The van der Waals surface area contributed by atoms with Gasteiger partial charge < -0.3 is 14.6 Å². The molecule has 24 heavy (non-hydrogen) atoms. The van der Waals surface area contributed by atoms with Crippen molar-refractivity contribution in [1.29, 1.82) is 0 Å². The highest BCUT2D eigenvalue weighted by atomic mass is 32.2. The Morgan fingerprint density at radius 2 is 2.00 bits per heavy atom. The summed E-state index contributed by atoms with van der Waals surface area (Å²) in [6, 6.07) is 6.55. The van der Waals surface area contributed by atoms with Gasteiger partial charge >= 0.3 is 5.97 Å². The van der Waals surface area contributed by atoms with Gasteiger partial charge in [0, 0.05) is 34.8 Å². The number of hydrogen-bond acceptors (Lipinski definition) is 6. The van der Waals surface area contributed by atoms with Crippen LogP contribution in [0.25, 0.3) is 0 Å². The summed E-state index contributed by atoms with van der Waals surface area (Å²) in [4.78, 5) is 26.0. The Balaban J connectivity index is 1.86. The summed E-state index contributed by atoms with van der Waals surface area (Å²) >= 11 is 0. The topological polar surface area (TPSA) is 93.1 Å². The molecule has 8 heteroatoms. The number of aliphatic hydroxyl groups excluding tert-OH is 1. The molecule has 1 aromatic rings. The van der Waals surface area contributed by atoms with Crippen molar-refractivity contribution in [3.8, 4) is 5.75 Å². The number of nitrogens with zero attached hydrogens (tertiary/aromatic N) is 1. The van der Waals surface area contributed by atoms with Gasteiger partial charge in [0.05, 0.1) is 6.04 Å². The molecule has 0 aliphatic carbocycles. The average Bonchev–Trinajstić information content (AvgIpc) is 2.79. The first-order chi connectivity index (χ1) is 11.4. The number of amides is 1. The monoisotopic (exact) mass is 351 g/mol. The van der Waals surface area contributed by atoms with E-state index in [1.807, 2.05) is 0 Å². The van der Waals surface area contributed by atoms with Crippen LogP contribution < -0.4 is 4.74 Å². The van der Waals surface area contributed by atoms with E-state index < -0.39 is 23.1 Å². The van der Waals surface area contributed by atoms with Crippen LogP contribution in [-0.2, 0) is 25.1 Å². The minimum atomic E-state index is -1.28. The highest BCUT2D eigenvalue weighted by Gasteiger charge is 2.49. The van der Waals surface area contributed by atoms with Crippen LogP contribution in [-0.4, -0.2) is 44.7 Å². The third-order valence-electron chi connectivity index (χ3n) is 3.84. The van der Waals surface area contributed by atoms with Crippen LogP contribution in [0, 0.1) is 0 Å². The SMILES string of the molecule is C[C@H](O)OC(=O)C1=C(Oc2ccc(S(C)=O)cc2)C[C@@H]2CC(=O)N12. The van der Waals surface area contributed by atoms with Gasteiger partial charge in [-0.05, 0) is 31.2 Å². The first kappa shape index (κ1) is 16.7.